The van der Waals surface area contributed by atoms with E-state index in [1.165, 1.54) is 16.8 Å². The van der Waals surface area contributed by atoms with Crippen LogP contribution in [0.25, 0.3) is 11.4 Å². The van der Waals surface area contributed by atoms with E-state index in [2.05, 4.69) is 93.6 Å². The van der Waals surface area contributed by atoms with Crippen LogP contribution in [0.3, 0.4) is 0 Å². The Balaban J connectivity index is 0.000000160. The van der Waals surface area contributed by atoms with Crippen LogP contribution in [0.1, 0.15) is 29.6 Å². The number of hydrogen-bond acceptors (Lipinski definition) is 2. The van der Waals surface area contributed by atoms with E-state index >= 15 is 0 Å². The highest BCUT2D eigenvalue weighted by molar-refractivity contribution is 5.55. The Bertz CT molecular complexity index is 1240. The van der Waals surface area contributed by atoms with Crippen LogP contribution < -0.4 is 0 Å². The van der Waals surface area contributed by atoms with Gasteiger partial charge in [0, 0.05) is 49.4 Å². The average Bonchev–Trinajstić information content (AvgIpc) is 3.48. The predicted octanol–water partition coefficient (Wildman–Crippen LogP) is 6.40. The van der Waals surface area contributed by atoms with E-state index in [0.717, 1.165) is 36.7 Å². The molecule has 0 aliphatic rings. The van der Waals surface area contributed by atoms with Crippen molar-refractivity contribution in [3.05, 3.63) is 132 Å². The second-order valence-corrected chi connectivity index (χ2v) is 7.97. The second-order valence-electron chi connectivity index (χ2n) is 7.97. The van der Waals surface area contributed by atoms with Crippen LogP contribution in [0.5, 0.6) is 0 Å². The molecule has 4 nitrogen and oxygen atoms in total. The van der Waals surface area contributed by atoms with Crippen molar-refractivity contribution in [3.63, 3.8) is 0 Å². The van der Waals surface area contributed by atoms with E-state index < -0.39 is 0 Å². The maximum atomic E-state index is 4.45. The summed E-state index contributed by atoms with van der Waals surface area (Å²) in [7, 11) is 0. The summed E-state index contributed by atoms with van der Waals surface area (Å²) in [6.45, 7) is 6.03. The minimum atomic E-state index is 0.852. The molecule has 5 rings (SSSR count). The van der Waals surface area contributed by atoms with Gasteiger partial charge in [0.25, 0.3) is 0 Å². The van der Waals surface area contributed by atoms with Crippen LogP contribution in [0.4, 0.5) is 0 Å². The lowest BCUT2D eigenvalue weighted by atomic mass is 10.2. The van der Waals surface area contributed by atoms with Crippen molar-refractivity contribution in [1.29, 1.82) is 0 Å². The number of hydrogen-bond donors (Lipinski definition) is 0. The van der Waals surface area contributed by atoms with Gasteiger partial charge < -0.3 is 9.13 Å². The fourth-order valence-corrected chi connectivity index (χ4v) is 3.84. The monoisotopic (exact) mass is 434 g/mol. The molecule has 0 unspecified atom stereocenters. The van der Waals surface area contributed by atoms with Gasteiger partial charge in [-0.3, -0.25) is 0 Å². The Morgan fingerprint density at radius 2 is 1.27 bits per heavy atom. The molecule has 3 aromatic carbocycles. The zero-order valence-corrected chi connectivity index (χ0v) is 19.3. The summed E-state index contributed by atoms with van der Waals surface area (Å²) in [6, 6.07) is 31.2. The van der Waals surface area contributed by atoms with Crippen molar-refractivity contribution in [2.75, 3.05) is 0 Å². The summed E-state index contributed by atoms with van der Waals surface area (Å²) in [5, 5.41) is 0. The first-order chi connectivity index (χ1) is 16.2. The van der Waals surface area contributed by atoms with Crippen LogP contribution in [0.15, 0.2) is 110 Å². The third-order valence-electron chi connectivity index (χ3n) is 5.58. The van der Waals surface area contributed by atoms with Gasteiger partial charge in [-0.05, 0) is 18.1 Å². The highest BCUT2D eigenvalue weighted by Gasteiger charge is 2.06. The molecule has 5 aromatic rings. The molecule has 4 heteroatoms. The number of imidazole rings is 2. The molecule has 0 saturated heterocycles. The van der Waals surface area contributed by atoms with Gasteiger partial charge >= 0.3 is 0 Å². The molecule has 0 N–H and O–H groups in total. The normalized spacial score (nSPS) is 10.5. The molecule has 0 aliphatic heterocycles. The molecule has 0 spiro atoms. The lowest BCUT2D eigenvalue weighted by Crippen LogP contribution is -2.05. The van der Waals surface area contributed by atoms with Gasteiger partial charge in [-0.15, -0.1) is 0 Å². The molecule has 2 heterocycles. The molecule has 33 heavy (non-hydrogen) atoms. The second kappa shape index (κ2) is 11.1. The Morgan fingerprint density at radius 3 is 1.88 bits per heavy atom. The summed E-state index contributed by atoms with van der Waals surface area (Å²) in [6.07, 6.45) is 6.81. The van der Waals surface area contributed by atoms with Crippen molar-refractivity contribution in [2.24, 2.45) is 0 Å². The standard InChI is InChI=1S/C16H14N2.C13H16N2/c1-3-7-14(8-4-1)13-18-12-11-17-16(18)15-9-5-2-6-10-15;1-3-13-14-9-11(2)15(13)10-12-7-5-4-6-8-12/h1-12H,13H2;4-9H,3,10H2,1-2H3. The van der Waals surface area contributed by atoms with E-state index in [9.17, 15) is 0 Å². The number of aromatic nitrogens is 4. The minimum Gasteiger partial charge on any atom is -0.328 e. The fraction of sp³-hybridized carbons (Fsp3) is 0.172. The molecule has 0 fully saturated rings. The minimum absolute atomic E-state index is 0.852. The number of aryl methyl sites for hydroxylation is 2. The summed E-state index contributed by atoms with van der Waals surface area (Å²) in [5.74, 6) is 2.18. The van der Waals surface area contributed by atoms with Crippen LogP contribution >= 0.6 is 0 Å². The number of nitrogens with zero attached hydrogens (tertiary/aromatic N) is 4. The Morgan fingerprint density at radius 1 is 0.697 bits per heavy atom. The van der Waals surface area contributed by atoms with Crippen molar-refractivity contribution in [1.82, 2.24) is 19.1 Å². The number of benzene rings is 3. The highest BCUT2D eigenvalue weighted by atomic mass is 15.1. The first kappa shape index (κ1) is 22.3. The molecule has 0 aliphatic carbocycles. The van der Waals surface area contributed by atoms with E-state index in [4.69, 9.17) is 0 Å². The average molecular weight is 435 g/mol. The fourth-order valence-electron chi connectivity index (χ4n) is 3.84. The van der Waals surface area contributed by atoms with Crippen LogP contribution in [0, 0.1) is 6.92 Å². The van der Waals surface area contributed by atoms with Crippen molar-refractivity contribution >= 4 is 0 Å². The molecule has 0 radical (unpaired) electrons. The van der Waals surface area contributed by atoms with Crippen molar-refractivity contribution < 1.29 is 0 Å². The molecule has 0 amide bonds. The SMILES string of the molecule is CCc1ncc(C)n1Cc1ccccc1.c1ccc(Cn2ccnc2-c2ccccc2)cc1. The number of rotatable bonds is 6. The van der Waals surface area contributed by atoms with Crippen molar-refractivity contribution in [2.45, 2.75) is 33.4 Å². The third-order valence-corrected chi connectivity index (χ3v) is 5.58. The lowest BCUT2D eigenvalue weighted by Gasteiger charge is -2.08. The molecule has 0 atom stereocenters. The largest absolute Gasteiger partial charge is 0.328 e. The van der Waals surface area contributed by atoms with E-state index in [0.29, 0.717) is 0 Å². The summed E-state index contributed by atoms with van der Waals surface area (Å²) >= 11 is 0. The Kier molecular flexibility index (Phi) is 7.49. The molecule has 166 valence electrons. The Hall–Kier alpha value is -3.92. The molecule has 0 saturated carbocycles. The van der Waals surface area contributed by atoms with Crippen LogP contribution in [-0.4, -0.2) is 19.1 Å². The summed E-state index contributed by atoms with van der Waals surface area (Å²) in [5.41, 5.74) is 5.00. The molecule has 2 aromatic heterocycles. The predicted molar refractivity (Wildman–Crippen MR) is 135 cm³/mol. The van der Waals surface area contributed by atoms with Gasteiger partial charge in [0.05, 0.1) is 0 Å². The topological polar surface area (TPSA) is 35.6 Å². The van der Waals surface area contributed by atoms with Crippen LogP contribution in [-0.2, 0) is 19.5 Å². The van der Waals surface area contributed by atoms with Crippen LogP contribution in [0.2, 0.25) is 0 Å². The first-order valence-corrected chi connectivity index (χ1v) is 11.4. The van der Waals surface area contributed by atoms with E-state index in [-0.39, 0.29) is 0 Å². The van der Waals surface area contributed by atoms with Gasteiger partial charge in [0.1, 0.15) is 11.6 Å². The van der Waals surface area contributed by atoms with E-state index in [1.54, 1.807) is 0 Å². The quantitative estimate of drug-likeness (QED) is 0.310. The maximum Gasteiger partial charge on any atom is 0.140 e. The summed E-state index contributed by atoms with van der Waals surface area (Å²) in [4.78, 5) is 8.84. The van der Waals surface area contributed by atoms with E-state index in [1.807, 2.05) is 48.9 Å². The van der Waals surface area contributed by atoms with Gasteiger partial charge in [-0.1, -0.05) is 97.9 Å². The third kappa shape index (κ3) is 5.86. The van der Waals surface area contributed by atoms with Gasteiger partial charge in [0.15, 0.2) is 0 Å². The lowest BCUT2D eigenvalue weighted by molar-refractivity contribution is 0.712. The zero-order chi connectivity index (χ0) is 22.9. The van der Waals surface area contributed by atoms with Crippen molar-refractivity contribution in [3.8, 4) is 11.4 Å². The summed E-state index contributed by atoms with van der Waals surface area (Å²) < 4.78 is 4.44. The van der Waals surface area contributed by atoms with Gasteiger partial charge in [-0.2, -0.15) is 0 Å². The van der Waals surface area contributed by atoms with Gasteiger partial charge in [0.2, 0.25) is 0 Å². The highest BCUT2D eigenvalue weighted by Crippen LogP contribution is 2.18. The zero-order valence-electron chi connectivity index (χ0n) is 19.3. The maximum absolute atomic E-state index is 4.45. The molecular formula is C29H30N4. The Labute approximate surface area is 196 Å². The molecular weight excluding hydrogens is 404 g/mol. The smallest absolute Gasteiger partial charge is 0.140 e. The first-order valence-electron chi connectivity index (χ1n) is 11.4. The van der Waals surface area contributed by atoms with Gasteiger partial charge in [-0.25, -0.2) is 9.97 Å². The molecule has 0 bridgehead atoms.